The minimum Gasteiger partial charge on any atom is -0.354 e. The molecule has 0 aliphatic carbocycles. The third kappa shape index (κ3) is 2.92. The summed E-state index contributed by atoms with van der Waals surface area (Å²) in [6, 6.07) is 12.8. The maximum atomic E-state index is 13.4. The van der Waals surface area contributed by atoms with Crippen molar-refractivity contribution in [2.24, 2.45) is 0 Å². The molecule has 0 amide bonds. The topological polar surface area (TPSA) is 46.1 Å². The first-order chi connectivity index (χ1) is 12.0. The van der Waals surface area contributed by atoms with E-state index >= 15 is 0 Å². The Morgan fingerprint density at radius 3 is 2.64 bits per heavy atom. The summed E-state index contributed by atoms with van der Waals surface area (Å²) < 4.78 is 21.8. The fourth-order valence-corrected chi connectivity index (χ4v) is 3.57. The van der Waals surface area contributed by atoms with Crippen LogP contribution in [0.1, 0.15) is 28.4 Å². The highest BCUT2D eigenvalue weighted by atomic mass is 32.1. The van der Waals surface area contributed by atoms with Gasteiger partial charge in [0.15, 0.2) is 0 Å². The van der Waals surface area contributed by atoms with Crippen LogP contribution in [0.25, 0.3) is 0 Å². The lowest BCUT2D eigenvalue weighted by atomic mass is 9.89. The van der Waals surface area contributed by atoms with Crippen molar-refractivity contribution in [3.8, 4) is 0 Å². The number of hydrogen-bond acceptors (Lipinski definition) is 3. The Hall–Kier alpha value is -2.31. The number of nitrogens with one attached hydrogen (secondary N) is 1. The number of nitrogens with zero attached hydrogens (tertiary/aromatic N) is 2. The lowest BCUT2D eigenvalue weighted by molar-refractivity contribution is 0.262. The fraction of sp³-hybridized carbons (Fsp3) is 0.263. The molecule has 0 unspecified atom stereocenters. The van der Waals surface area contributed by atoms with Gasteiger partial charge in [0.1, 0.15) is 23.8 Å². The Morgan fingerprint density at radius 2 is 2.00 bits per heavy atom. The molecule has 25 heavy (non-hydrogen) atoms. The third-order valence-corrected chi connectivity index (χ3v) is 4.89. The normalized spacial score (nSPS) is 22.1. The van der Waals surface area contributed by atoms with Crippen LogP contribution in [0.4, 0.5) is 4.39 Å². The predicted molar refractivity (Wildman–Crippen MR) is 95.2 cm³/mol. The van der Waals surface area contributed by atoms with Crippen molar-refractivity contribution in [2.45, 2.75) is 32.1 Å². The summed E-state index contributed by atoms with van der Waals surface area (Å²) >= 11 is 5.06. The Morgan fingerprint density at radius 1 is 1.24 bits per heavy atom. The van der Waals surface area contributed by atoms with E-state index in [2.05, 4.69) is 42.1 Å². The Bertz CT molecular complexity index is 979. The van der Waals surface area contributed by atoms with E-state index in [0.717, 1.165) is 11.1 Å². The first-order valence-corrected chi connectivity index (χ1v) is 8.51. The number of halogens is 1. The second kappa shape index (κ2) is 5.89. The van der Waals surface area contributed by atoms with Crippen LogP contribution in [0, 0.1) is 24.4 Å². The summed E-state index contributed by atoms with van der Waals surface area (Å²) in [4.78, 5) is 4.07. The molecule has 0 radical (unpaired) electrons. The summed E-state index contributed by atoms with van der Waals surface area (Å²) in [7, 11) is 0. The number of ether oxygens (including phenoxy) is 1. The van der Waals surface area contributed by atoms with Crippen molar-refractivity contribution in [1.29, 1.82) is 0 Å². The van der Waals surface area contributed by atoms with Gasteiger partial charge < -0.3 is 4.74 Å². The van der Waals surface area contributed by atoms with Crippen LogP contribution < -0.4 is 0 Å². The van der Waals surface area contributed by atoms with Gasteiger partial charge in [0.25, 0.3) is 0 Å². The zero-order chi connectivity index (χ0) is 17.6. The molecule has 0 spiro atoms. The molecule has 1 fully saturated rings. The monoisotopic (exact) mass is 355 g/mol. The lowest BCUT2D eigenvalue weighted by Crippen LogP contribution is -2.19. The van der Waals surface area contributed by atoms with Gasteiger partial charge in [-0.1, -0.05) is 35.9 Å². The molecule has 4 nitrogen and oxygen atoms in total. The maximum Gasteiger partial charge on any atom is 0.213 e. The average molecular weight is 355 g/mol. The summed E-state index contributed by atoms with van der Waals surface area (Å²) in [5, 5.41) is 3.02. The van der Waals surface area contributed by atoms with Crippen LogP contribution in [0.15, 0.2) is 48.8 Å². The van der Waals surface area contributed by atoms with Gasteiger partial charge in [-0.15, -0.1) is 0 Å². The second-order valence-electron chi connectivity index (χ2n) is 6.54. The van der Waals surface area contributed by atoms with Gasteiger partial charge in [0.05, 0.1) is 6.54 Å². The molecule has 6 heteroatoms. The van der Waals surface area contributed by atoms with Gasteiger partial charge in [-0.25, -0.2) is 9.37 Å². The summed E-state index contributed by atoms with van der Waals surface area (Å²) in [6.07, 6.45) is 1.57. The van der Waals surface area contributed by atoms with Crippen LogP contribution >= 0.6 is 12.2 Å². The van der Waals surface area contributed by atoms with Gasteiger partial charge in [-0.2, -0.15) is 0 Å². The molecule has 128 valence electrons. The maximum absolute atomic E-state index is 13.4. The molecule has 1 saturated heterocycles. The molecular formula is C19H18FN3OS. The minimum absolute atomic E-state index is 0.0945. The molecule has 0 saturated carbocycles. The van der Waals surface area contributed by atoms with E-state index in [1.165, 1.54) is 23.3 Å². The Kier molecular flexibility index (Phi) is 3.81. The van der Waals surface area contributed by atoms with Crippen molar-refractivity contribution in [1.82, 2.24) is 14.8 Å². The standard InChI is InChI=1S/C19H18FN3OS/c1-12-3-8-16(13(2)9-12)17-19(24-17,10-23-11-21-18(25)22-23)14-4-6-15(20)7-5-14/h3-9,11,17H,10H2,1-2H3,(H,22,25)/t17-,19-/m0/s1. The van der Waals surface area contributed by atoms with E-state index < -0.39 is 5.60 Å². The molecule has 2 atom stereocenters. The number of H-pyrrole nitrogens is 1. The number of rotatable bonds is 4. The molecule has 4 rings (SSSR count). The van der Waals surface area contributed by atoms with Gasteiger partial charge in [0.2, 0.25) is 4.77 Å². The summed E-state index contributed by atoms with van der Waals surface area (Å²) in [5.74, 6) is -0.260. The second-order valence-corrected chi connectivity index (χ2v) is 6.93. The van der Waals surface area contributed by atoms with E-state index in [1.54, 1.807) is 18.5 Å². The molecule has 2 aromatic carbocycles. The van der Waals surface area contributed by atoms with Crippen molar-refractivity contribution >= 4 is 12.2 Å². The number of aromatic nitrogens is 3. The Balaban J connectivity index is 1.75. The predicted octanol–water partition coefficient (Wildman–Crippen LogP) is 4.36. The van der Waals surface area contributed by atoms with E-state index in [9.17, 15) is 4.39 Å². The van der Waals surface area contributed by atoms with E-state index in [1.807, 2.05) is 4.68 Å². The highest BCUT2D eigenvalue weighted by Gasteiger charge is 2.59. The minimum atomic E-state index is -0.563. The number of epoxide rings is 1. The molecule has 1 aliphatic rings. The molecule has 0 bridgehead atoms. The number of aromatic amines is 1. The zero-order valence-electron chi connectivity index (χ0n) is 14.0. The molecule has 1 aliphatic heterocycles. The highest BCUT2D eigenvalue weighted by Crippen LogP contribution is 2.58. The van der Waals surface area contributed by atoms with Crippen LogP contribution in [0.2, 0.25) is 0 Å². The van der Waals surface area contributed by atoms with E-state index in [-0.39, 0.29) is 11.9 Å². The van der Waals surface area contributed by atoms with Crippen LogP contribution in [0.5, 0.6) is 0 Å². The van der Waals surface area contributed by atoms with Gasteiger partial charge in [0, 0.05) is 0 Å². The first-order valence-electron chi connectivity index (χ1n) is 8.10. The van der Waals surface area contributed by atoms with Crippen molar-refractivity contribution in [3.63, 3.8) is 0 Å². The van der Waals surface area contributed by atoms with Gasteiger partial charge >= 0.3 is 0 Å². The lowest BCUT2D eigenvalue weighted by Gasteiger charge is -2.15. The van der Waals surface area contributed by atoms with Crippen LogP contribution in [0.3, 0.4) is 0 Å². The van der Waals surface area contributed by atoms with E-state index in [4.69, 9.17) is 17.0 Å². The Labute approximate surface area is 150 Å². The molecule has 1 aromatic heterocycles. The smallest absolute Gasteiger partial charge is 0.213 e. The number of aryl methyl sites for hydroxylation is 2. The molecule has 3 aromatic rings. The summed E-state index contributed by atoms with van der Waals surface area (Å²) in [5.41, 5.74) is 3.92. The van der Waals surface area contributed by atoms with Crippen molar-refractivity contribution in [2.75, 3.05) is 0 Å². The van der Waals surface area contributed by atoms with Crippen LogP contribution in [-0.2, 0) is 16.9 Å². The quantitative estimate of drug-likeness (QED) is 0.559. The van der Waals surface area contributed by atoms with Crippen molar-refractivity contribution < 1.29 is 9.13 Å². The van der Waals surface area contributed by atoms with Crippen molar-refractivity contribution in [3.05, 3.63) is 81.6 Å². The first kappa shape index (κ1) is 16.2. The number of hydrogen-bond donors (Lipinski definition) is 1. The van der Waals surface area contributed by atoms with Gasteiger partial charge in [-0.3, -0.25) is 9.78 Å². The van der Waals surface area contributed by atoms with Gasteiger partial charge in [-0.05, 0) is 54.9 Å². The van der Waals surface area contributed by atoms with Crippen LogP contribution in [-0.4, -0.2) is 14.8 Å². The SMILES string of the molecule is Cc1ccc([C@@H]2O[C@@]2(Cn2cnc(=S)[nH]2)c2ccc(F)cc2)c(C)c1. The molecular weight excluding hydrogens is 337 g/mol. The zero-order valence-corrected chi connectivity index (χ0v) is 14.8. The average Bonchev–Trinajstić information content (AvgIpc) is 3.13. The largest absolute Gasteiger partial charge is 0.354 e. The third-order valence-electron chi connectivity index (χ3n) is 4.69. The molecule has 1 N–H and O–H groups in total. The van der Waals surface area contributed by atoms with E-state index in [0.29, 0.717) is 11.3 Å². The highest BCUT2D eigenvalue weighted by molar-refractivity contribution is 7.71. The molecule has 2 heterocycles. The number of benzene rings is 2. The fourth-order valence-electron chi connectivity index (χ4n) is 3.41. The summed E-state index contributed by atoms with van der Waals surface area (Å²) in [6.45, 7) is 4.69.